The number of nitrogens with one attached hydrogen (secondary N) is 2. The summed E-state index contributed by atoms with van der Waals surface area (Å²) < 4.78 is 4.84. The predicted molar refractivity (Wildman–Crippen MR) is 150 cm³/mol. The summed E-state index contributed by atoms with van der Waals surface area (Å²) in [4.78, 5) is 49.2. The fraction of sp³-hybridized carbons (Fsp3) is 0.467. The highest BCUT2D eigenvalue weighted by molar-refractivity contribution is 6.20. The van der Waals surface area contributed by atoms with Crippen LogP contribution in [0.25, 0.3) is 0 Å². The molecule has 1 unspecified atom stereocenters. The summed E-state index contributed by atoms with van der Waals surface area (Å²) in [6.07, 6.45) is 7.15. The Morgan fingerprint density at radius 1 is 0.846 bits per heavy atom. The highest BCUT2D eigenvalue weighted by Crippen LogP contribution is 2.21. The zero-order chi connectivity index (χ0) is 28.5. The minimum atomic E-state index is -0.785. The van der Waals surface area contributed by atoms with Crippen molar-refractivity contribution in [2.24, 2.45) is 11.7 Å². The Hall–Kier alpha value is -3.56. The zero-order valence-corrected chi connectivity index (χ0v) is 23.1. The van der Waals surface area contributed by atoms with E-state index >= 15 is 0 Å². The van der Waals surface area contributed by atoms with Crippen LogP contribution in [-0.2, 0) is 20.9 Å². The zero-order valence-electron chi connectivity index (χ0n) is 23.1. The Morgan fingerprint density at radius 3 is 1.92 bits per heavy atom. The Morgan fingerprint density at radius 2 is 1.36 bits per heavy atom. The van der Waals surface area contributed by atoms with Crippen LogP contribution in [-0.4, -0.2) is 48.9 Å². The van der Waals surface area contributed by atoms with Gasteiger partial charge in [-0.05, 0) is 37.1 Å². The number of hydrogen-bond donors (Lipinski definition) is 3. The van der Waals surface area contributed by atoms with E-state index in [9.17, 15) is 19.2 Å². The molecule has 2 aromatic rings. The molecule has 0 saturated heterocycles. The number of hydrogen-bond acceptors (Lipinski definition) is 7. The molecule has 3 amide bonds. The first kappa shape index (κ1) is 31.7. The number of rotatable bonds is 15. The first-order chi connectivity index (χ1) is 18.9. The van der Waals surface area contributed by atoms with Crippen molar-refractivity contribution in [1.29, 1.82) is 0 Å². The lowest BCUT2D eigenvalue weighted by molar-refractivity contribution is -0.150. The van der Waals surface area contributed by atoms with Gasteiger partial charge in [-0.25, -0.2) is 10.4 Å². The van der Waals surface area contributed by atoms with Crippen LogP contribution in [0.1, 0.15) is 84.6 Å². The molecule has 0 radical (unpaired) electrons. The summed E-state index contributed by atoms with van der Waals surface area (Å²) in [6, 6.07) is 16.4. The highest BCUT2D eigenvalue weighted by atomic mass is 16.5. The van der Waals surface area contributed by atoms with Crippen LogP contribution in [0.3, 0.4) is 0 Å². The van der Waals surface area contributed by atoms with Crippen LogP contribution in [0, 0.1) is 5.92 Å². The van der Waals surface area contributed by atoms with Gasteiger partial charge in [-0.3, -0.25) is 19.2 Å². The number of carbonyl (C=O) groups excluding carboxylic acids is 4. The molecule has 1 atom stereocenters. The Bertz CT molecular complexity index is 1030. The van der Waals surface area contributed by atoms with E-state index in [-0.39, 0.29) is 17.7 Å². The monoisotopic (exact) mass is 538 g/mol. The average Bonchev–Trinajstić information content (AvgIpc) is 3.20. The molecule has 0 saturated carbocycles. The topological polar surface area (TPSA) is 131 Å². The van der Waals surface area contributed by atoms with E-state index in [1.54, 1.807) is 24.3 Å². The normalized spacial score (nSPS) is 12.8. The van der Waals surface area contributed by atoms with Gasteiger partial charge >= 0.3 is 5.97 Å². The van der Waals surface area contributed by atoms with Crippen molar-refractivity contribution in [3.8, 4) is 0 Å². The second-order valence-electron chi connectivity index (χ2n) is 9.35. The molecule has 0 fully saturated rings. The predicted octanol–water partition coefficient (Wildman–Crippen LogP) is 3.98. The molecule has 4 N–H and O–H groups in total. The van der Waals surface area contributed by atoms with E-state index in [1.165, 1.54) is 7.11 Å². The fourth-order valence-corrected chi connectivity index (χ4v) is 4.29. The number of imide groups is 1. The molecule has 9 nitrogen and oxygen atoms in total. The molecular weight excluding hydrogens is 496 g/mol. The number of ether oxygens (including phenoxy) is 1. The molecule has 9 heteroatoms. The smallest absolute Gasteiger partial charge is 0.318 e. The van der Waals surface area contributed by atoms with Crippen LogP contribution in [0.15, 0.2) is 54.6 Å². The Balaban J connectivity index is 0.00000170. The third-order valence-corrected chi connectivity index (χ3v) is 6.35. The third-order valence-electron chi connectivity index (χ3n) is 6.35. The lowest BCUT2D eigenvalue weighted by Crippen LogP contribution is -2.42. The largest absolute Gasteiger partial charge is 0.468 e. The molecule has 3 rings (SSSR count). The van der Waals surface area contributed by atoms with Crippen molar-refractivity contribution in [2.75, 3.05) is 20.2 Å². The number of amides is 3. The van der Waals surface area contributed by atoms with Crippen LogP contribution in [0.4, 0.5) is 0 Å². The van der Waals surface area contributed by atoms with Gasteiger partial charge in [-0.15, -0.1) is 0 Å². The van der Waals surface area contributed by atoms with Crippen molar-refractivity contribution >= 4 is 23.7 Å². The van der Waals surface area contributed by atoms with E-state index in [4.69, 9.17) is 10.5 Å². The first-order valence-electron chi connectivity index (χ1n) is 13.7. The van der Waals surface area contributed by atoms with E-state index in [2.05, 4.69) is 10.7 Å². The van der Waals surface area contributed by atoms with Crippen LogP contribution in [0.2, 0.25) is 0 Å². The molecule has 0 aromatic heterocycles. The maximum atomic E-state index is 12.5. The molecule has 0 bridgehead atoms. The van der Waals surface area contributed by atoms with Gasteiger partial charge in [0, 0.05) is 13.1 Å². The molecule has 212 valence electrons. The summed E-state index contributed by atoms with van der Waals surface area (Å²) in [6.45, 7) is 3.60. The van der Waals surface area contributed by atoms with Crippen molar-refractivity contribution in [1.82, 2.24) is 15.8 Å². The highest BCUT2D eigenvalue weighted by Gasteiger charge is 2.35. The molecule has 2 aromatic carbocycles. The number of benzene rings is 2. The fourth-order valence-electron chi connectivity index (χ4n) is 4.29. The van der Waals surface area contributed by atoms with Crippen molar-refractivity contribution in [3.63, 3.8) is 0 Å². The number of methoxy groups -OCH3 is 1. The van der Waals surface area contributed by atoms with Crippen molar-refractivity contribution in [3.05, 3.63) is 71.3 Å². The summed E-state index contributed by atoms with van der Waals surface area (Å²) >= 11 is 0. The molecule has 1 aliphatic heterocycles. The van der Waals surface area contributed by atoms with Gasteiger partial charge in [0.05, 0.1) is 18.2 Å². The van der Waals surface area contributed by atoms with Crippen LogP contribution < -0.4 is 16.5 Å². The molecule has 1 aliphatic rings. The van der Waals surface area contributed by atoms with Gasteiger partial charge in [-0.2, -0.15) is 0 Å². The van der Waals surface area contributed by atoms with E-state index in [1.807, 2.05) is 37.3 Å². The number of carbonyl (C=O) groups is 4. The molecule has 1 heterocycles. The standard InChI is InChI=1S/C28H35N3O5.C2H7N/c1-36-28(35)24(25(32)29-20-21-14-8-7-9-15-21)18-10-5-3-2-4-6-13-19-30-31-26(33)22-16-11-12-17-23(22)27(31)34;1-2-3/h7-9,11-12,14-17,24,30H,2-6,10,13,18-20H2,1H3,(H,29,32);2-3H2,1H3. The van der Waals surface area contributed by atoms with Gasteiger partial charge < -0.3 is 15.8 Å². The lowest BCUT2D eigenvalue weighted by Gasteiger charge is -2.15. The minimum Gasteiger partial charge on any atom is -0.468 e. The van der Waals surface area contributed by atoms with E-state index in [0.29, 0.717) is 30.6 Å². The third kappa shape index (κ3) is 10.3. The molecule has 39 heavy (non-hydrogen) atoms. The average molecular weight is 539 g/mol. The Kier molecular flexibility index (Phi) is 14.5. The van der Waals surface area contributed by atoms with Crippen LogP contribution >= 0.6 is 0 Å². The van der Waals surface area contributed by atoms with Gasteiger partial charge in [0.1, 0.15) is 5.92 Å². The van der Waals surface area contributed by atoms with Gasteiger partial charge in [0.2, 0.25) is 5.91 Å². The van der Waals surface area contributed by atoms with Gasteiger partial charge in [0.15, 0.2) is 0 Å². The van der Waals surface area contributed by atoms with Gasteiger partial charge in [0.25, 0.3) is 11.8 Å². The first-order valence-corrected chi connectivity index (χ1v) is 13.7. The number of nitrogens with two attached hydrogens (primary N) is 1. The minimum absolute atomic E-state index is 0.295. The van der Waals surface area contributed by atoms with E-state index < -0.39 is 11.9 Å². The van der Waals surface area contributed by atoms with Crippen molar-refractivity contribution in [2.45, 2.75) is 64.8 Å². The van der Waals surface area contributed by atoms with Crippen LogP contribution in [0.5, 0.6) is 0 Å². The maximum absolute atomic E-state index is 12.5. The summed E-state index contributed by atoms with van der Waals surface area (Å²) in [7, 11) is 1.31. The van der Waals surface area contributed by atoms with Gasteiger partial charge in [-0.1, -0.05) is 87.9 Å². The lowest BCUT2D eigenvalue weighted by atomic mass is 9.99. The number of esters is 1. The molecule has 0 spiro atoms. The summed E-state index contributed by atoms with van der Waals surface area (Å²) in [5, 5.41) is 3.94. The van der Waals surface area contributed by atoms with Crippen molar-refractivity contribution < 1.29 is 23.9 Å². The second kappa shape index (κ2) is 17.9. The SMILES string of the molecule is CCN.COC(=O)C(CCCCCCCCCNN1C(=O)c2ccccc2C1=O)C(=O)NCc1ccccc1. The summed E-state index contributed by atoms with van der Waals surface area (Å²) in [5.74, 6) is -2.17. The number of nitrogens with zero attached hydrogens (tertiary/aromatic N) is 1. The Labute approximate surface area is 231 Å². The quantitative estimate of drug-likeness (QED) is 0.135. The maximum Gasteiger partial charge on any atom is 0.318 e. The summed E-state index contributed by atoms with van der Waals surface area (Å²) in [5.41, 5.74) is 9.66. The molecular formula is C30H42N4O5. The number of hydrazine groups is 1. The second-order valence-corrected chi connectivity index (χ2v) is 9.35. The van der Waals surface area contributed by atoms with E-state index in [0.717, 1.165) is 62.1 Å². The number of fused-ring (bicyclic) bond motifs is 1. The number of unbranched alkanes of at least 4 members (excludes halogenated alkanes) is 6. The molecule has 0 aliphatic carbocycles.